The minimum atomic E-state index is -0.433. The Morgan fingerprint density at radius 3 is 2.59 bits per heavy atom. The number of rotatable bonds is 11. The van der Waals surface area contributed by atoms with E-state index in [2.05, 4.69) is 22.1 Å². The Morgan fingerprint density at radius 1 is 1.24 bits per heavy atom. The highest BCUT2D eigenvalue weighted by molar-refractivity contribution is 7.99. The molecule has 0 aliphatic heterocycles. The zero-order valence-electron chi connectivity index (χ0n) is 19.8. The minimum absolute atomic E-state index is 0.121. The maximum absolute atomic E-state index is 12.7. The van der Waals surface area contributed by atoms with Crippen LogP contribution >= 0.6 is 23.1 Å². The van der Waals surface area contributed by atoms with Crippen LogP contribution in [0.3, 0.4) is 0 Å². The molecule has 3 rings (SSSR count). The zero-order chi connectivity index (χ0) is 24.7. The van der Waals surface area contributed by atoms with Gasteiger partial charge in [-0.1, -0.05) is 24.8 Å². The monoisotopic (exact) mass is 499 g/mol. The van der Waals surface area contributed by atoms with Crippen LogP contribution in [-0.2, 0) is 22.5 Å². The number of benzene rings is 1. The van der Waals surface area contributed by atoms with Crippen LogP contribution in [0.15, 0.2) is 48.1 Å². The SMILES string of the molecule is C=CCn1c(SCC(=O)Nc2sc(CC)cc2C(=O)OCC)nnc1-c1ccc(N(C)C)cc1. The number of carbonyl (C=O) groups excluding carboxylic acids is 2. The van der Waals surface area contributed by atoms with Crippen molar-refractivity contribution in [3.05, 3.63) is 53.4 Å². The third kappa shape index (κ3) is 6.06. The molecule has 2 heterocycles. The van der Waals surface area contributed by atoms with E-state index in [4.69, 9.17) is 4.74 Å². The number of allylic oxidation sites excluding steroid dienone is 1. The van der Waals surface area contributed by atoms with Crippen molar-refractivity contribution >= 4 is 45.7 Å². The normalized spacial score (nSPS) is 10.7. The fourth-order valence-corrected chi connectivity index (χ4v) is 4.92. The number of nitrogens with one attached hydrogen (secondary N) is 1. The summed E-state index contributed by atoms with van der Waals surface area (Å²) >= 11 is 2.67. The molecule has 0 fully saturated rings. The fraction of sp³-hybridized carbons (Fsp3) is 0.333. The lowest BCUT2D eigenvalue weighted by molar-refractivity contribution is -0.113. The number of amides is 1. The molecule has 0 aliphatic carbocycles. The predicted molar refractivity (Wildman–Crippen MR) is 139 cm³/mol. The van der Waals surface area contributed by atoms with Gasteiger partial charge in [-0.3, -0.25) is 9.36 Å². The van der Waals surface area contributed by atoms with Gasteiger partial charge in [-0.25, -0.2) is 4.79 Å². The molecule has 2 aromatic heterocycles. The summed E-state index contributed by atoms with van der Waals surface area (Å²) in [5, 5.41) is 12.6. The molecule has 3 aromatic rings. The van der Waals surface area contributed by atoms with Crippen molar-refractivity contribution in [2.75, 3.05) is 36.7 Å². The first kappa shape index (κ1) is 25.5. The van der Waals surface area contributed by atoms with E-state index in [1.165, 1.54) is 23.1 Å². The number of aryl methyl sites for hydroxylation is 1. The van der Waals surface area contributed by atoms with E-state index in [1.807, 2.05) is 54.8 Å². The summed E-state index contributed by atoms with van der Waals surface area (Å²) < 4.78 is 7.05. The van der Waals surface area contributed by atoms with Crippen molar-refractivity contribution in [1.82, 2.24) is 14.8 Å². The number of thioether (sulfide) groups is 1. The first-order valence-corrected chi connectivity index (χ1v) is 12.7. The summed E-state index contributed by atoms with van der Waals surface area (Å²) in [5.41, 5.74) is 2.41. The Kier molecular flexibility index (Phi) is 8.89. The van der Waals surface area contributed by atoms with E-state index in [0.717, 1.165) is 22.5 Å². The topological polar surface area (TPSA) is 89.3 Å². The van der Waals surface area contributed by atoms with E-state index >= 15 is 0 Å². The molecular weight excluding hydrogens is 470 g/mol. The Bertz CT molecular complexity index is 1150. The summed E-state index contributed by atoms with van der Waals surface area (Å²) in [6.45, 7) is 8.38. The van der Waals surface area contributed by atoms with Gasteiger partial charge < -0.3 is 15.0 Å². The van der Waals surface area contributed by atoms with Crippen molar-refractivity contribution in [2.45, 2.75) is 32.0 Å². The molecule has 0 radical (unpaired) electrons. The maximum atomic E-state index is 12.7. The van der Waals surface area contributed by atoms with Gasteiger partial charge in [-0.15, -0.1) is 28.1 Å². The van der Waals surface area contributed by atoms with Crippen LogP contribution in [0.25, 0.3) is 11.4 Å². The predicted octanol–water partition coefficient (Wildman–Crippen LogP) is 4.73. The molecule has 0 saturated heterocycles. The molecule has 10 heteroatoms. The Balaban J connectivity index is 1.73. The maximum Gasteiger partial charge on any atom is 0.341 e. The molecule has 180 valence electrons. The number of hydrogen-bond donors (Lipinski definition) is 1. The Hall–Kier alpha value is -3.11. The van der Waals surface area contributed by atoms with Crippen molar-refractivity contribution in [3.8, 4) is 11.4 Å². The molecule has 1 amide bonds. The van der Waals surface area contributed by atoms with Gasteiger partial charge in [-0.05, 0) is 43.7 Å². The highest BCUT2D eigenvalue weighted by Gasteiger charge is 2.20. The number of anilines is 2. The molecule has 1 N–H and O–H groups in total. The second-order valence-corrected chi connectivity index (χ2v) is 9.59. The molecule has 1 aromatic carbocycles. The van der Waals surface area contributed by atoms with Crippen molar-refractivity contribution in [3.63, 3.8) is 0 Å². The lowest BCUT2D eigenvalue weighted by Crippen LogP contribution is -2.16. The smallest absolute Gasteiger partial charge is 0.341 e. The van der Waals surface area contributed by atoms with Gasteiger partial charge in [0.15, 0.2) is 11.0 Å². The highest BCUT2D eigenvalue weighted by atomic mass is 32.2. The fourth-order valence-electron chi connectivity index (χ4n) is 3.17. The van der Waals surface area contributed by atoms with Gasteiger partial charge in [0, 0.05) is 36.8 Å². The standard InChI is InChI=1S/C24H29N5O3S2/c1-6-13-29-21(16-9-11-17(12-10-16)28(4)5)26-27-24(29)33-15-20(30)25-22-19(23(31)32-8-3)14-18(7-2)34-22/h6,9-12,14H,1,7-8,13,15H2,2-5H3,(H,25,30). The van der Waals surface area contributed by atoms with Crippen LogP contribution < -0.4 is 10.2 Å². The van der Waals surface area contributed by atoms with E-state index in [9.17, 15) is 9.59 Å². The summed E-state index contributed by atoms with van der Waals surface area (Å²) in [5.74, 6) is 0.168. The Morgan fingerprint density at radius 2 is 1.97 bits per heavy atom. The van der Waals surface area contributed by atoms with E-state index in [1.54, 1.807) is 19.1 Å². The summed E-state index contributed by atoms with van der Waals surface area (Å²) in [7, 11) is 3.98. The van der Waals surface area contributed by atoms with Crippen LogP contribution in [0.1, 0.15) is 29.1 Å². The second kappa shape index (κ2) is 11.8. The molecule has 8 nitrogen and oxygen atoms in total. The number of carbonyl (C=O) groups is 2. The highest BCUT2D eigenvalue weighted by Crippen LogP contribution is 2.30. The van der Waals surface area contributed by atoms with Crippen LogP contribution in [-0.4, -0.2) is 53.1 Å². The van der Waals surface area contributed by atoms with Crippen LogP contribution in [0, 0.1) is 0 Å². The first-order chi connectivity index (χ1) is 16.4. The molecule has 0 spiro atoms. The van der Waals surface area contributed by atoms with Crippen molar-refractivity contribution in [1.29, 1.82) is 0 Å². The van der Waals surface area contributed by atoms with Crippen LogP contribution in [0.2, 0.25) is 0 Å². The second-order valence-electron chi connectivity index (χ2n) is 7.51. The lowest BCUT2D eigenvalue weighted by Gasteiger charge is -2.13. The van der Waals surface area contributed by atoms with Gasteiger partial charge in [0.25, 0.3) is 0 Å². The van der Waals surface area contributed by atoms with Crippen molar-refractivity contribution < 1.29 is 14.3 Å². The quantitative estimate of drug-likeness (QED) is 0.232. The number of ether oxygens (including phenoxy) is 1. The minimum Gasteiger partial charge on any atom is -0.462 e. The van der Waals surface area contributed by atoms with Crippen LogP contribution in [0.5, 0.6) is 0 Å². The third-order valence-electron chi connectivity index (χ3n) is 4.88. The summed E-state index contributed by atoms with van der Waals surface area (Å²) in [6.07, 6.45) is 2.54. The van der Waals surface area contributed by atoms with E-state index in [0.29, 0.717) is 28.1 Å². The van der Waals surface area contributed by atoms with Gasteiger partial charge >= 0.3 is 5.97 Å². The van der Waals surface area contributed by atoms with E-state index < -0.39 is 5.97 Å². The van der Waals surface area contributed by atoms with Gasteiger partial charge in [0.1, 0.15) is 5.00 Å². The molecule has 34 heavy (non-hydrogen) atoms. The number of hydrogen-bond acceptors (Lipinski definition) is 8. The number of nitrogens with zero attached hydrogens (tertiary/aromatic N) is 4. The molecular formula is C24H29N5O3S2. The molecule has 0 bridgehead atoms. The van der Waals surface area contributed by atoms with Crippen molar-refractivity contribution in [2.24, 2.45) is 0 Å². The summed E-state index contributed by atoms with van der Waals surface area (Å²) in [4.78, 5) is 28.0. The molecule has 0 aliphatic rings. The third-order valence-corrected chi connectivity index (χ3v) is 7.04. The van der Waals surface area contributed by atoms with Gasteiger partial charge in [-0.2, -0.15) is 0 Å². The first-order valence-electron chi connectivity index (χ1n) is 10.9. The molecule has 0 saturated carbocycles. The zero-order valence-corrected chi connectivity index (χ0v) is 21.5. The van der Waals surface area contributed by atoms with Gasteiger partial charge in [0.2, 0.25) is 5.91 Å². The van der Waals surface area contributed by atoms with Crippen LogP contribution in [0.4, 0.5) is 10.7 Å². The summed E-state index contributed by atoms with van der Waals surface area (Å²) in [6, 6.07) is 9.82. The Labute approximate surface area is 208 Å². The van der Waals surface area contributed by atoms with E-state index in [-0.39, 0.29) is 18.3 Å². The van der Waals surface area contributed by atoms with Gasteiger partial charge in [0.05, 0.1) is 17.9 Å². The number of thiophene rings is 1. The number of esters is 1. The molecule has 0 atom stereocenters. The largest absolute Gasteiger partial charge is 0.462 e. The molecule has 0 unspecified atom stereocenters. The number of aromatic nitrogens is 3. The average Bonchev–Trinajstić information content (AvgIpc) is 3.42. The average molecular weight is 500 g/mol. The lowest BCUT2D eigenvalue weighted by atomic mass is 10.2.